The number of hydrogen-bond donors (Lipinski definition) is 2. The highest BCUT2D eigenvalue weighted by Gasteiger charge is 2.18. The minimum Gasteiger partial charge on any atom is -0.351 e. The standard InChI is InChI=1S/C14H17N3O3/c18-14(12-3-1-2-4-13(12)17(19)20)16-10-7-11-5-8-15-9-6-11/h1-5,15H,6-10H2,(H,16,18). The third kappa shape index (κ3) is 3.64. The Morgan fingerprint density at radius 2 is 2.20 bits per heavy atom. The molecular weight excluding hydrogens is 258 g/mol. The van der Waals surface area contributed by atoms with Crippen molar-refractivity contribution in [3.63, 3.8) is 0 Å². The predicted octanol–water partition coefficient (Wildman–Crippen LogP) is 1.63. The molecule has 0 saturated carbocycles. The fourth-order valence-corrected chi connectivity index (χ4v) is 2.15. The van der Waals surface area contributed by atoms with Crippen LogP contribution in [-0.2, 0) is 0 Å². The van der Waals surface area contributed by atoms with Gasteiger partial charge in [-0.25, -0.2) is 0 Å². The first-order valence-corrected chi connectivity index (χ1v) is 6.58. The first-order valence-electron chi connectivity index (χ1n) is 6.58. The molecule has 1 aliphatic heterocycles. The Morgan fingerprint density at radius 1 is 1.40 bits per heavy atom. The summed E-state index contributed by atoms with van der Waals surface area (Å²) in [4.78, 5) is 22.3. The molecule has 0 aliphatic carbocycles. The van der Waals surface area contributed by atoms with Gasteiger partial charge in [-0.05, 0) is 25.5 Å². The molecule has 1 aromatic carbocycles. The summed E-state index contributed by atoms with van der Waals surface area (Å²) in [6.45, 7) is 2.33. The molecule has 20 heavy (non-hydrogen) atoms. The number of para-hydroxylation sites is 1. The zero-order valence-corrected chi connectivity index (χ0v) is 11.1. The van der Waals surface area contributed by atoms with Gasteiger partial charge in [-0.3, -0.25) is 14.9 Å². The van der Waals surface area contributed by atoms with Crippen molar-refractivity contribution >= 4 is 11.6 Å². The number of hydrogen-bond acceptors (Lipinski definition) is 4. The highest BCUT2D eigenvalue weighted by atomic mass is 16.6. The SMILES string of the molecule is O=C(NCCC1=CCNCC1)c1ccccc1[N+](=O)[O-]. The zero-order chi connectivity index (χ0) is 14.4. The first-order chi connectivity index (χ1) is 9.68. The lowest BCUT2D eigenvalue weighted by molar-refractivity contribution is -0.385. The van der Waals surface area contributed by atoms with E-state index in [4.69, 9.17) is 0 Å². The molecule has 2 rings (SSSR count). The summed E-state index contributed by atoms with van der Waals surface area (Å²) in [6, 6.07) is 5.98. The van der Waals surface area contributed by atoms with Crippen molar-refractivity contribution in [3.05, 3.63) is 51.6 Å². The summed E-state index contributed by atoms with van der Waals surface area (Å²) in [6.07, 6.45) is 3.90. The van der Waals surface area contributed by atoms with Crippen molar-refractivity contribution in [2.45, 2.75) is 12.8 Å². The summed E-state index contributed by atoms with van der Waals surface area (Å²) >= 11 is 0. The minimum absolute atomic E-state index is 0.108. The van der Waals surface area contributed by atoms with Crippen LogP contribution in [0.25, 0.3) is 0 Å². The molecule has 0 fully saturated rings. The second-order valence-corrected chi connectivity index (χ2v) is 4.60. The van der Waals surface area contributed by atoms with Crippen LogP contribution < -0.4 is 10.6 Å². The molecule has 0 spiro atoms. The molecule has 6 heteroatoms. The van der Waals surface area contributed by atoms with Crippen LogP contribution in [0.2, 0.25) is 0 Å². The Labute approximate surface area is 117 Å². The number of amides is 1. The Balaban J connectivity index is 1.92. The quantitative estimate of drug-likeness (QED) is 0.486. The third-order valence-corrected chi connectivity index (χ3v) is 3.24. The molecule has 2 N–H and O–H groups in total. The van der Waals surface area contributed by atoms with Crippen LogP contribution in [0.15, 0.2) is 35.9 Å². The topological polar surface area (TPSA) is 84.3 Å². The van der Waals surface area contributed by atoms with Crippen molar-refractivity contribution in [2.75, 3.05) is 19.6 Å². The van der Waals surface area contributed by atoms with Gasteiger partial charge >= 0.3 is 0 Å². The lowest BCUT2D eigenvalue weighted by atomic mass is 10.1. The van der Waals surface area contributed by atoms with Gasteiger partial charge in [0.05, 0.1) is 4.92 Å². The number of nitro benzene ring substituents is 1. The second kappa shape index (κ2) is 6.81. The van der Waals surface area contributed by atoms with E-state index in [2.05, 4.69) is 16.7 Å². The van der Waals surface area contributed by atoms with Crippen molar-refractivity contribution in [2.24, 2.45) is 0 Å². The van der Waals surface area contributed by atoms with Crippen LogP contribution >= 0.6 is 0 Å². The van der Waals surface area contributed by atoms with Gasteiger partial charge in [-0.1, -0.05) is 23.8 Å². The average Bonchev–Trinajstić information content (AvgIpc) is 2.48. The monoisotopic (exact) mass is 275 g/mol. The first kappa shape index (κ1) is 14.2. The normalized spacial score (nSPS) is 14.5. The number of nitro groups is 1. The van der Waals surface area contributed by atoms with E-state index in [1.165, 1.54) is 17.7 Å². The molecule has 0 aromatic heterocycles. The number of nitrogens with one attached hydrogen (secondary N) is 2. The lowest BCUT2D eigenvalue weighted by Crippen LogP contribution is -2.27. The Morgan fingerprint density at radius 3 is 2.90 bits per heavy atom. The van der Waals surface area contributed by atoms with Crippen molar-refractivity contribution < 1.29 is 9.72 Å². The van der Waals surface area contributed by atoms with Gasteiger partial charge in [0, 0.05) is 19.2 Å². The molecule has 0 bridgehead atoms. The van der Waals surface area contributed by atoms with E-state index < -0.39 is 10.8 Å². The largest absolute Gasteiger partial charge is 0.351 e. The summed E-state index contributed by atoms with van der Waals surface area (Å²) in [5.74, 6) is -0.396. The van der Waals surface area contributed by atoms with Crippen LogP contribution in [0, 0.1) is 10.1 Å². The maximum atomic E-state index is 12.0. The zero-order valence-electron chi connectivity index (χ0n) is 11.1. The predicted molar refractivity (Wildman–Crippen MR) is 75.6 cm³/mol. The number of rotatable bonds is 5. The van der Waals surface area contributed by atoms with E-state index in [-0.39, 0.29) is 11.3 Å². The third-order valence-electron chi connectivity index (χ3n) is 3.24. The molecule has 0 atom stereocenters. The van der Waals surface area contributed by atoms with Crippen LogP contribution in [-0.4, -0.2) is 30.5 Å². The molecular formula is C14H17N3O3. The van der Waals surface area contributed by atoms with Gasteiger partial charge in [0.25, 0.3) is 11.6 Å². The summed E-state index contributed by atoms with van der Waals surface area (Å²) in [7, 11) is 0. The van der Waals surface area contributed by atoms with Gasteiger partial charge < -0.3 is 10.6 Å². The van der Waals surface area contributed by atoms with Gasteiger partial charge in [0.15, 0.2) is 0 Å². The minimum atomic E-state index is -0.537. The fourth-order valence-electron chi connectivity index (χ4n) is 2.15. The molecule has 1 amide bonds. The highest BCUT2D eigenvalue weighted by Crippen LogP contribution is 2.17. The van der Waals surface area contributed by atoms with Gasteiger partial charge in [0.1, 0.15) is 5.56 Å². The number of carbonyl (C=O) groups is 1. The number of benzene rings is 1. The van der Waals surface area contributed by atoms with E-state index in [9.17, 15) is 14.9 Å². The van der Waals surface area contributed by atoms with Crippen LogP contribution in [0.4, 0.5) is 5.69 Å². The van der Waals surface area contributed by atoms with Crippen LogP contribution in [0.3, 0.4) is 0 Å². The maximum absolute atomic E-state index is 12.0. The fraction of sp³-hybridized carbons (Fsp3) is 0.357. The molecule has 6 nitrogen and oxygen atoms in total. The van der Waals surface area contributed by atoms with Crippen molar-refractivity contribution in [3.8, 4) is 0 Å². The summed E-state index contributed by atoms with van der Waals surface area (Å²) in [5.41, 5.74) is 1.26. The van der Waals surface area contributed by atoms with Crippen molar-refractivity contribution in [1.29, 1.82) is 0 Å². The molecule has 0 radical (unpaired) electrons. The van der Waals surface area contributed by atoms with Crippen LogP contribution in [0.1, 0.15) is 23.2 Å². The smallest absolute Gasteiger partial charge is 0.282 e. The Hall–Kier alpha value is -2.21. The molecule has 0 saturated heterocycles. The van der Waals surface area contributed by atoms with Gasteiger partial charge in [-0.2, -0.15) is 0 Å². The molecule has 1 aliphatic rings. The number of carbonyl (C=O) groups excluding carboxylic acids is 1. The Kier molecular flexibility index (Phi) is 4.84. The molecule has 0 unspecified atom stereocenters. The van der Waals surface area contributed by atoms with Crippen molar-refractivity contribution in [1.82, 2.24) is 10.6 Å². The van der Waals surface area contributed by atoms with E-state index in [1.807, 2.05) is 0 Å². The second-order valence-electron chi connectivity index (χ2n) is 4.60. The van der Waals surface area contributed by atoms with E-state index in [1.54, 1.807) is 12.1 Å². The average molecular weight is 275 g/mol. The molecule has 1 aromatic rings. The molecule has 106 valence electrons. The summed E-state index contributed by atoms with van der Waals surface area (Å²) < 4.78 is 0. The van der Waals surface area contributed by atoms with E-state index in [0.717, 1.165) is 25.9 Å². The Bertz CT molecular complexity index is 540. The van der Waals surface area contributed by atoms with Gasteiger partial charge in [0.2, 0.25) is 0 Å². The van der Waals surface area contributed by atoms with E-state index in [0.29, 0.717) is 6.54 Å². The highest BCUT2D eigenvalue weighted by molar-refractivity contribution is 5.98. The van der Waals surface area contributed by atoms with Crippen LogP contribution in [0.5, 0.6) is 0 Å². The van der Waals surface area contributed by atoms with E-state index >= 15 is 0 Å². The van der Waals surface area contributed by atoms with Gasteiger partial charge in [-0.15, -0.1) is 0 Å². The molecule has 1 heterocycles. The lowest BCUT2D eigenvalue weighted by Gasteiger charge is -2.14. The maximum Gasteiger partial charge on any atom is 0.282 e. The number of nitrogens with zero attached hydrogens (tertiary/aromatic N) is 1. The summed E-state index contributed by atoms with van der Waals surface area (Å²) in [5, 5.41) is 16.8.